The summed E-state index contributed by atoms with van der Waals surface area (Å²) in [5.41, 5.74) is 0. The maximum absolute atomic E-state index is 11.1. The lowest BCUT2D eigenvalue weighted by Gasteiger charge is -2.08. The third kappa shape index (κ3) is 2.79. The maximum atomic E-state index is 11.1. The minimum Gasteiger partial charge on any atom is -0.309 e. The lowest BCUT2D eigenvalue weighted by Crippen LogP contribution is -2.18. The highest BCUT2D eigenvalue weighted by atomic mass is 32.1. The fraction of sp³-hybridized carbons (Fsp3) is 0.625. The molecule has 4 heteroatoms. The molecule has 0 amide bonds. The van der Waals surface area contributed by atoms with Gasteiger partial charge in [0.25, 0.3) is 0 Å². The Hall–Kier alpha value is -0.610. The topological polar surface area (TPSA) is 25.2 Å². The third-order valence-electron chi connectivity index (χ3n) is 1.65. The molecule has 0 aliphatic heterocycles. The van der Waals surface area contributed by atoms with E-state index in [0.717, 1.165) is 19.5 Å². The molecule has 0 radical (unpaired) electrons. The van der Waals surface area contributed by atoms with Gasteiger partial charge in [0.1, 0.15) is 0 Å². The van der Waals surface area contributed by atoms with Crippen molar-refractivity contribution in [3.8, 4) is 0 Å². The molecule has 1 heterocycles. The van der Waals surface area contributed by atoms with Crippen molar-refractivity contribution in [2.24, 2.45) is 0 Å². The zero-order valence-corrected chi connectivity index (χ0v) is 8.30. The van der Waals surface area contributed by atoms with Gasteiger partial charge in [-0.2, -0.15) is 0 Å². The van der Waals surface area contributed by atoms with Crippen molar-refractivity contribution in [1.29, 1.82) is 0 Å². The van der Waals surface area contributed by atoms with Crippen molar-refractivity contribution in [3.63, 3.8) is 0 Å². The summed E-state index contributed by atoms with van der Waals surface area (Å²) < 4.78 is 1.76. The Morgan fingerprint density at radius 3 is 2.83 bits per heavy atom. The van der Waals surface area contributed by atoms with Gasteiger partial charge in [-0.3, -0.25) is 4.79 Å². The lowest BCUT2D eigenvalue weighted by atomic mass is 10.4. The fourth-order valence-electron chi connectivity index (χ4n) is 1.01. The van der Waals surface area contributed by atoms with E-state index in [4.69, 9.17) is 0 Å². The van der Waals surface area contributed by atoms with Gasteiger partial charge in [-0.15, -0.1) is 0 Å². The van der Waals surface area contributed by atoms with E-state index in [9.17, 15) is 4.79 Å². The minimum absolute atomic E-state index is 0.147. The molecule has 0 aliphatic carbocycles. The third-order valence-corrected chi connectivity index (χ3v) is 2.34. The molecule has 1 rings (SSSR count). The summed E-state index contributed by atoms with van der Waals surface area (Å²) in [5, 5.41) is 1.83. The van der Waals surface area contributed by atoms with Gasteiger partial charge >= 0.3 is 4.87 Å². The molecule has 0 spiro atoms. The Bertz CT molecular complexity index is 277. The largest absolute Gasteiger partial charge is 0.309 e. The van der Waals surface area contributed by atoms with Gasteiger partial charge < -0.3 is 9.47 Å². The molecule has 0 saturated carbocycles. The lowest BCUT2D eigenvalue weighted by molar-refractivity contribution is 0.385. The molecular formula is C8H14N2OS. The van der Waals surface area contributed by atoms with E-state index in [-0.39, 0.29) is 4.87 Å². The monoisotopic (exact) mass is 186 g/mol. The van der Waals surface area contributed by atoms with Crippen LogP contribution in [0.4, 0.5) is 0 Å². The molecule has 0 fully saturated rings. The van der Waals surface area contributed by atoms with E-state index in [1.54, 1.807) is 4.57 Å². The van der Waals surface area contributed by atoms with E-state index < -0.39 is 0 Å². The first-order valence-corrected chi connectivity index (χ1v) is 4.87. The predicted octanol–water partition coefficient (Wildman–Crippen LogP) is 0.861. The Labute approximate surface area is 76.2 Å². The van der Waals surface area contributed by atoms with E-state index in [1.807, 2.05) is 25.7 Å². The molecule has 0 saturated heterocycles. The number of hydrogen-bond acceptors (Lipinski definition) is 3. The zero-order chi connectivity index (χ0) is 8.97. The summed E-state index contributed by atoms with van der Waals surface area (Å²) in [6.45, 7) is 1.86. The number of aromatic nitrogens is 1. The molecule has 0 unspecified atom stereocenters. The standard InChI is InChI=1S/C8H14N2OS/c1-9(2)4-3-5-10-6-7-12-8(10)11/h6-7H,3-5H2,1-2H3. The molecule has 0 aliphatic rings. The van der Waals surface area contributed by atoms with Crippen LogP contribution in [0, 0.1) is 0 Å². The van der Waals surface area contributed by atoms with Gasteiger partial charge in [0.05, 0.1) is 0 Å². The van der Waals surface area contributed by atoms with E-state index in [0.29, 0.717) is 0 Å². The molecule has 68 valence electrons. The smallest absolute Gasteiger partial charge is 0.307 e. The van der Waals surface area contributed by atoms with Gasteiger partial charge in [-0.1, -0.05) is 11.3 Å². The highest BCUT2D eigenvalue weighted by molar-refractivity contribution is 7.07. The minimum atomic E-state index is 0.147. The second-order valence-electron chi connectivity index (χ2n) is 3.02. The Balaban J connectivity index is 2.34. The fourth-order valence-corrected chi connectivity index (χ4v) is 1.63. The quantitative estimate of drug-likeness (QED) is 0.697. The molecule has 1 aromatic rings. The first-order chi connectivity index (χ1) is 5.70. The normalized spacial score (nSPS) is 10.9. The van der Waals surface area contributed by atoms with Gasteiger partial charge in [-0.25, -0.2) is 0 Å². The van der Waals surface area contributed by atoms with Crippen LogP contribution in [0.3, 0.4) is 0 Å². The number of hydrogen-bond donors (Lipinski definition) is 0. The first-order valence-electron chi connectivity index (χ1n) is 3.99. The average molecular weight is 186 g/mol. The Kier molecular flexibility index (Phi) is 3.49. The molecule has 0 atom stereocenters. The maximum Gasteiger partial charge on any atom is 0.307 e. The number of nitrogens with zero attached hydrogens (tertiary/aromatic N) is 2. The number of thiazole rings is 1. The summed E-state index contributed by atoms with van der Waals surface area (Å²) in [5.74, 6) is 0. The molecule has 0 bridgehead atoms. The predicted molar refractivity (Wildman–Crippen MR) is 51.8 cm³/mol. The average Bonchev–Trinajstić information content (AvgIpc) is 2.36. The van der Waals surface area contributed by atoms with Crippen LogP contribution in [0.5, 0.6) is 0 Å². The van der Waals surface area contributed by atoms with Gasteiger partial charge in [0.2, 0.25) is 0 Å². The highest BCUT2D eigenvalue weighted by Gasteiger charge is 1.96. The molecule has 0 N–H and O–H groups in total. The van der Waals surface area contributed by atoms with E-state index >= 15 is 0 Å². The van der Waals surface area contributed by atoms with E-state index in [1.165, 1.54) is 11.3 Å². The molecule has 3 nitrogen and oxygen atoms in total. The van der Waals surface area contributed by atoms with Crippen LogP contribution in [0.1, 0.15) is 6.42 Å². The van der Waals surface area contributed by atoms with Crippen molar-refractivity contribution >= 4 is 11.3 Å². The SMILES string of the molecule is CN(C)CCCn1ccsc1=O. The summed E-state index contributed by atoms with van der Waals surface area (Å²) in [7, 11) is 4.08. The van der Waals surface area contributed by atoms with Crippen molar-refractivity contribution in [1.82, 2.24) is 9.47 Å². The van der Waals surface area contributed by atoms with Crippen LogP contribution < -0.4 is 4.87 Å². The van der Waals surface area contributed by atoms with Crippen LogP contribution in [0.25, 0.3) is 0 Å². The summed E-state index contributed by atoms with van der Waals surface area (Å²) >= 11 is 1.26. The van der Waals surface area contributed by atoms with Gasteiger partial charge in [0.15, 0.2) is 0 Å². The summed E-state index contributed by atoms with van der Waals surface area (Å²) in [6.07, 6.45) is 2.88. The van der Waals surface area contributed by atoms with Crippen molar-refractivity contribution in [2.75, 3.05) is 20.6 Å². The zero-order valence-electron chi connectivity index (χ0n) is 7.49. The molecule has 12 heavy (non-hydrogen) atoms. The summed E-state index contributed by atoms with van der Waals surface area (Å²) in [6, 6.07) is 0. The Morgan fingerprint density at radius 2 is 2.33 bits per heavy atom. The van der Waals surface area contributed by atoms with Crippen LogP contribution in [-0.4, -0.2) is 30.1 Å². The van der Waals surface area contributed by atoms with Crippen molar-refractivity contribution in [3.05, 3.63) is 21.2 Å². The van der Waals surface area contributed by atoms with Crippen LogP contribution in [0.15, 0.2) is 16.4 Å². The van der Waals surface area contributed by atoms with Gasteiger partial charge in [-0.05, 0) is 27.1 Å². The first kappa shape index (κ1) is 9.48. The van der Waals surface area contributed by atoms with Crippen LogP contribution in [-0.2, 0) is 6.54 Å². The van der Waals surface area contributed by atoms with Crippen LogP contribution >= 0.6 is 11.3 Å². The highest BCUT2D eigenvalue weighted by Crippen LogP contribution is 1.92. The number of aryl methyl sites for hydroxylation is 1. The molecule has 0 aromatic carbocycles. The Morgan fingerprint density at radius 1 is 1.58 bits per heavy atom. The van der Waals surface area contributed by atoms with Crippen molar-refractivity contribution in [2.45, 2.75) is 13.0 Å². The van der Waals surface area contributed by atoms with Crippen LogP contribution in [0.2, 0.25) is 0 Å². The van der Waals surface area contributed by atoms with Gasteiger partial charge in [0, 0.05) is 18.1 Å². The molecule has 1 aromatic heterocycles. The second kappa shape index (κ2) is 4.42. The van der Waals surface area contributed by atoms with Crippen molar-refractivity contribution < 1.29 is 0 Å². The van der Waals surface area contributed by atoms with E-state index in [2.05, 4.69) is 4.90 Å². The summed E-state index contributed by atoms with van der Waals surface area (Å²) in [4.78, 5) is 13.3. The molecular weight excluding hydrogens is 172 g/mol. The second-order valence-corrected chi connectivity index (χ2v) is 3.88. The number of rotatable bonds is 4.